The second-order valence-electron chi connectivity index (χ2n) is 6.30. The van der Waals surface area contributed by atoms with Crippen LogP contribution in [0.1, 0.15) is 32.3 Å². The zero-order valence-corrected chi connectivity index (χ0v) is 16.1. The molecule has 142 valence electrons. The highest BCUT2D eigenvalue weighted by Gasteiger charge is 2.21. The molecule has 1 aromatic carbocycles. The molecule has 0 bridgehead atoms. The minimum atomic E-state index is 0.396. The minimum absolute atomic E-state index is 0.396. The lowest BCUT2D eigenvalue weighted by atomic mass is 10.0. The molecule has 1 aliphatic heterocycles. The van der Waals surface area contributed by atoms with Crippen molar-refractivity contribution in [1.82, 2.24) is 9.88 Å². The van der Waals surface area contributed by atoms with Crippen LogP contribution in [0.5, 0.6) is 11.5 Å². The van der Waals surface area contributed by atoms with Gasteiger partial charge in [0.25, 0.3) is 6.01 Å². The van der Waals surface area contributed by atoms with Crippen molar-refractivity contribution in [1.29, 1.82) is 0 Å². The van der Waals surface area contributed by atoms with Gasteiger partial charge in [-0.25, -0.2) is 4.98 Å². The minimum Gasteiger partial charge on any atom is -0.492 e. The fourth-order valence-corrected chi connectivity index (χ4v) is 3.42. The normalized spacial score (nSPS) is 15.8. The van der Waals surface area contributed by atoms with Crippen LogP contribution in [0.4, 0.5) is 6.01 Å². The number of hydrogen-bond donors (Lipinski definition) is 1. The number of halogens is 1. The van der Waals surface area contributed by atoms with E-state index in [1.165, 1.54) is 0 Å². The Morgan fingerprint density at radius 2 is 1.85 bits per heavy atom. The summed E-state index contributed by atoms with van der Waals surface area (Å²) in [7, 11) is 0. The second kappa shape index (κ2) is 9.14. The van der Waals surface area contributed by atoms with Crippen LogP contribution in [-0.4, -0.2) is 42.2 Å². The molecule has 0 saturated carbocycles. The maximum Gasteiger partial charge on any atom is 0.294 e. The topological polar surface area (TPSA) is 59.8 Å². The molecule has 2 aromatic rings. The summed E-state index contributed by atoms with van der Waals surface area (Å²) >= 11 is 6.38. The Bertz CT molecular complexity index is 658. The third-order valence-corrected chi connectivity index (χ3v) is 4.79. The molecule has 0 unspecified atom stereocenters. The van der Waals surface area contributed by atoms with Crippen LogP contribution in [0.2, 0.25) is 5.02 Å². The molecule has 1 saturated heterocycles. The largest absolute Gasteiger partial charge is 0.492 e. The van der Waals surface area contributed by atoms with E-state index in [2.05, 4.69) is 15.2 Å². The molecule has 0 amide bonds. The molecule has 2 heterocycles. The Labute approximate surface area is 159 Å². The van der Waals surface area contributed by atoms with Gasteiger partial charge >= 0.3 is 0 Å². The first-order valence-electron chi connectivity index (χ1n) is 9.16. The molecule has 0 aliphatic carbocycles. The number of aromatic nitrogens is 1. The number of anilines is 1. The van der Waals surface area contributed by atoms with E-state index in [0.717, 1.165) is 38.0 Å². The van der Waals surface area contributed by atoms with Gasteiger partial charge in [-0.1, -0.05) is 11.6 Å². The summed E-state index contributed by atoms with van der Waals surface area (Å²) in [6, 6.07) is 5.04. The summed E-state index contributed by atoms with van der Waals surface area (Å²) in [5.41, 5.74) is 1.15. The maximum absolute atomic E-state index is 6.38. The number of ether oxygens (including phenoxy) is 2. The van der Waals surface area contributed by atoms with Gasteiger partial charge in [-0.2, -0.15) is 0 Å². The summed E-state index contributed by atoms with van der Waals surface area (Å²) in [6.07, 6.45) is 5.34. The number of hydrogen-bond acceptors (Lipinski definition) is 6. The Hall–Kier alpha value is -1.92. The van der Waals surface area contributed by atoms with Crippen LogP contribution in [0.25, 0.3) is 0 Å². The molecule has 7 heteroatoms. The van der Waals surface area contributed by atoms with Gasteiger partial charge < -0.3 is 19.2 Å². The molecule has 1 N–H and O–H groups in total. The summed E-state index contributed by atoms with van der Waals surface area (Å²) in [6.45, 7) is 7.93. The van der Waals surface area contributed by atoms with Crippen LogP contribution in [-0.2, 0) is 6.54 Å². The molecule has 1 aliphatic rings. The lowest BCUT2D eigenvalue weighted by molar-refractivity contribution is 0.209. The Morgan fingerprint density at radius 1 is 1.19 bits per heavy atom. The van der Waals surface area contributed by atoms with Crippen molar-refractivity contribution in [2.45, 2.75) is 39.3 Å². The maximum atomic E-state index is 6.38. The smallest absolute Gasteiger partial charge is 0.294 e. The van der Waals surface area contributed by atoms with Crippen molar-refractivity contribution in [3.8, 4) is 11.5 Å². The highest BCUT2D eigenvalue weighted by atomic mass is 35.5. The predicted molar refractivity (Wildman–Crippen MR) is 102 cm³/mol. The highest BCUT2D eigenvalue weighted by molar-refractivity contribution is 6.33. The average molecular weight is 380 g/mol. The number of rotatable bonds is 8. The lowest BCUT2D eigenvalue weighted by Gasteiger charge is -2.32. The molecule has 0 radical (unpaired) electrons. The molecule has 0 spiro atoms. The van der Waals surface area contributed by atoms with Gasteiger partial charge in [0, 0.05) is 25.7 Å². The zero-order chi connectivity index (χ0) is 18.4. The number of nitrogens with one attached hydrogen (secondary N) is 1. The van der Waals surface area contributed by atoms with Crippen molar-refractivity contribution in [3.05, 3.63) is 35.2 Å². The van der Waals surface area contributed by atoms with E-state index in [1.54, 1.807) is 12.5 Å². The molecule has 6 nitrogen and oxygen atoms in total. The van der Waals surface area contributed by atoms with Gasteiger partial charge in [0.2, 0.25) is 0 Å². The van der Waals surface area contributed by atoms with Crippen molar-refractivity contribution in [2.75, 3.05) is 31.6 Å². The van der Waals surface area contributed by atoms with Gasteiger partial charge in [0.05, 0.1) is 19.4 Å². The highest BCUT2D eigenvalue weighted by Crippen LogP contribution is 2.36. The SMILES string of the molecule is CCOc1cc(CN2CCC(Nc3ncco3)CC2)cc(OCC)c1Cl. The van der Waals surface area contributed by atoms with E-state index in [-0.39, 0.29) is 0 Å². The molecular formula is C19H26ClN3O3. The lowest BCUT2D eigenvalue weighted by Crippen LogP contribution is -2.38. The number of benzene rings is 1. The van der Waals surface area contributed by atoms with E-state index in [4.69, 9.17) is 25.5 Å². The van der Waals surface area contributed by atoms with Gasteiger partial charge in [0.15, 0.2) is 0 Å². The molecule has 1 fully saturated rings. The van der Waals surface area contributed by atoms with Crippen molar-refractivity contribution in [2.24, 2.45) is 0 Å². The Kier molecular flexibility index (Phi) is 6.63. The zero-order valence-electron chi connectivity index (χ0n) is 15.3. The standard InChI is InChI=1S/C19H26ClN3O3/c1-3-24-16-11-14(12-17(18(16)20)25-4-2)13-23-8-5-15(6-9-23)22-19-21-7-10-26-19/h7,10-12,15H,3-6,8-9,13H2,1-2H3,(H,21,22). The molecule has 26 heavy (non-hydrogen) atoms. The molecule has 3 rings (SSSR count). The first kappa shape index (κ1) is 18.9. The van der Waals surface area contributed by atoms with Crippen LogP contribution in [0, 0.1) is 0 Å². The number of oxazole rings is 1. The van der Waals surface area contributed by atoms with E-state index in [1.807, 2.05) is 26.0 Å². The predicted octanol–water partition coefficient (Wildman–Crippen LogP) is 4.20. The fraction of sp³-hybridized carbons (Fsp3) is 0.526. The average Bonchev–Trinajstić information content (AvgIpc) is 3.14. The Balaban J connectivity index is 1.60. The van der Waals surface area contributed by atoms with Crippen LogP contribution < -0.4 is 14.8 Å². The van der Waals surface area contributed by atoms with Crippen LogP contribution in [0.15, 0.2) is 29.0 Å². The van der Waals surface area contributed by atoms with Gasteiger partial charge in [-0.3, -0.25) is 4.90 Å². The summed E-state index contributed by atoms with van der Waals surface area (Å²) in [5.74, 6) is 1.38. The summed E-state index contributed by atoms with van der Waals surface area (Å²) in [5, 5.41) is 3.89. The summed E-state index contributed by atoms with van der Waals surface area (Å²) < 4.78 is 16.6. The Morgan fingerprint density at radius 3 is 2.38 bits per heavy atom. The first-order chi connectivity index (χ1) is 12.7. The van der Waals surface area contributed by atoms with E-state index in [9.17, 15) is 0 Å². The monoisotopic (exact) mass is 379 g/mol. The quantitative estimate of drug-likeness (QED) is 0.741. The van der Waals surface area contributed by atoms with Crippen molar-refractivity contribution < 1.29 is 13.9 Å². The van der Waals surface area contributed by atoms with Crippen LogP contribution >= 0.6 is 11.6 Å². The third kappa shape index (κ3) is 4.83. The van der Waals surface area contributed by atoms with Crippen molar-refractivity contribution in [3.63, 3.8) is 0 Å². The number of nitrogens with zero attached hydrogens (tertiary/aromatic N) is 2. The second-order valence-corrected chi connectivity index (χ2v) is 6.68. The molecule has 0 atom stereocenters. The van der Waals surface area contributed by atoms with Crippen LogP contribution in [0.3, 0.4) is 0 Å². The van der Waals surface area contributed by atoms with Gasteiger partial charge in [-0.15, -0.1) is 0 Å². The van der Waals surface area contributed by atoms with E-state index < -0.39 is 0 Å². The van der Waals surface area contributed by atoms with Gasteiger partial charge in [0.1, 0.15) is 22.8 Å². The number of piperidine rings is 1. The number of likely N-dealkylation sites (tertiary alicyclic amines) is 1. The fourth-order valence-electron chi connectivity index (χ4n) is 3.20. The molecule has 1 aromatic heterocycles. The summed E-state index contributed by atoms with van der Waals surface area (Å²) in [4.78, 5) is 6.56. The van der Waals surface area contributed by atoms with Gasteiger partial charge in [-0.05, 0) is 44.4 Å². The van der Waals surface area contributed by atoms with E-state index in [0.29, 0.717) is 41.8 Å². The van der Waals surface area contributed by atoms with Crippen molar-refractivity contribution >= 4 is 17.6 Å². The van der Waals surface area contributed by atoms with E-state index >= 15 is 0 Å². The molecular weight excluding hydrogens is 354 g/mol. The third-order valence-electron chi connectivity index (χ3n) is 4.42. The first-order valence-corrected chi connectivity index (χ1v) is 9.53.